The van der Waals surface area contributed by atoms with Crippen molar-refractivity contribution in [2.24, 2.45) is 0 Å². The van der Waals surface area contributed by atoms with Crippen molar-refractivity contribution in [2.45, 2.75) is 0 Å². The fourth-order valence-corrected chi connectivity index (χ4v) is 2.11. The molecule has 0 spiro atoms. The van der Waals surface area contributed by atoms with E-state index >= 15 is 0 Å². The minimum absolute atomic E-state index is 0.318. The standard InChI is InChI=1S/C12H8N2S/c13-8-10-6-7-11(15-12(10)14)9-4-2-1-3-5-9/h1-7,14H. The Labute approximate surface area is 91.6 Å². The van der Waals surface area contributed by atoms with Gasteiger partial charge in [0.1, 0.15) is 10.7 Å². The fourth-order valence-electron chi connectivity index (χ4n) is 1.28. The maximum absolute atomic E-state index is 8.72. The zero-order valence-corrected chi connectivity index (χ0v) is 8.71. The molecule has 1 aromatic carbocycles. The van der Waals surface area contributed by atoms with Gasteiger partial charge in [0.2, 0.25) is 0 Å². The highest BCUT2D eigenvalue weighted by Crippen LogP contribution is 2.20. The number of nitrogens with one attached hydrogen (secondary N) is 1. The lowest BCUT2D eigenvalue weighted by Gasteiger charge is -1.99. The maximum Gasteiger partial charge on any atom is 0.126 e. The number of hydrogen-bond acceptors (Lipinski definition) is 3. The van der Waals surface area contributed by atoms with Crippen LogP contribution in [0.1, 0.15) is 5.56 Å². The van der Waals surface area contributed by atoms with Gasteiger partial charge in [0.05, 0.1) is 5.56 Å². The van der Waals surface area contributed by atoms with Crippen molar-refractivity contribution < 1.29 is 0 Å². The molecule has 72 valence electrons. The van der Waals surface area contributed by atoms with Crippen LogP contribution in [0.5, 0.6) is 0 Å². The topological polar surface area (TPSA) is 47.6 Å². The minimum atomic E-state index is 0.318. The average Bonchev–Trinajstić information content (AvgIpc) is 2.30. The Bertz CT molecular complexity index is 564. The van der Waals surface area contributed by atoms with E-state index in [9.17, 15) is 0 Å². The Morgan fingerprint density at radius 3 is 2.40 bits per heavy atom. The van der Waals surface area contributed by atoms with E-state index in [-0.39, 0.29) is 0 Å². The molecule has 2 aromatic rings. The number of hydrogen-bond donors (Lipinski definition) is 1. The maximum atomic E-state index is 8.72. The molecule has 15 heavy (non-hydrogen) atoms. The molecule has 0 fully saturated rings. The molecule has 2 nitrogen and oxygen atoms in total. The monoisotopic (exact) mass is 212 g/mol. The number of rotatable bonds is 1. The lowest BCUT2D eigenvalue weighted by molar-refractivity contribution is 1.31. The van der Waals surface area contributed by atoms with Crippen LogP contribution >= 0.6 is 11.3 Å². The largest absolute Gasteiger partial charge is 0.289 e. The lowest BCUT2D eigenvalue weighted by atomic mass is 10.2. The molecule has 0 bridgehead atoms. The lowest BCUT2D eigenvalue weighted by Crippen LogP contribution is -1.99. The molecule has 0 amide bonds. The number of nitriles is 1. The summed E-state index contributed by atoms with van der Waals surface area (Å²) in [6, 6.07) is 15.5. The van der Waals surface area contributed by atoms with Crippen molar-refractivity contribution in [3.63, 3.8) is 0 Å². The third kappa shape index (κ3) is 1.95. The van der Waals surface area contributed by atoms with Gasteiger partial charge in [-0.05, 0) is 17.7 Å². The minimum Gasteiger partial charge on any atom is -0.289 e. The van der Waals surface area contributed by atoms with Gasteiger partial charge in [-0.3, -0.25) is 5.41 Å². The number of benzene rings is 1. The first-order chi connectivity index (χ1) is 7.31. The molecular formula is C12H8N2S. The molecule has 0 aliphatic rings. The molecule has 1 heterocycles. The first-order valence-corrected chi connectivity index (χ1v) is 5.27. The van der Waals surface area contributed by atoms with Gasteiger partial charge in [-0.1, -0.05) is 30.3 Å². The first-order valence-electron chi connectivity index (χ1n) is 4.45. The van der Waals surface area contributed by atoms with Crippen LogP contribution in [0.3, 0.4) is 0 Å². The summed E-state index contributed by atoms with van der Waals surface area (Å²) in [7, 11) is 0. The predicted octanol–water partition coefficient (Wildman–Crippen LogP) is 2.77. The second-order valence-electron chi connectivity index (χ2n) is 3.02. The van der Waals surface area contributed by atoms with E-state index in [1.165, 1.54) is 11.3 Å². The third-order valence-electron chi connectivity index (χ3n) is 2.04. The van der Waals surface area contributed by atoms with Gasteiger partial charge >= 0.3 is 0 Å². The summed E-state index contributed by atoms with van der Waals surface area (Å²) < 4.78 is 0.318. The van der Waals surface area contributed by atoms with E-state index in [2.05, 4.69) is 0 Å². The van der Waals surface area contributed by atoms with Gasteiger partial charge in [0.15, 0.2) is 0 Å². The number of nitrogens with zero attached hydrogens (tertiary/aromatic N) is 1. The van der Waals surface area contributed by atoms with Crippen LogP contribution < -0.4 is 4.67 Å². The van der Waals surface area contributed by atoms with Crippen molar-refractivity contribution in [3.8, 4) is 16.5 Å². The van der Waals surface area contributed by atoms with E-state index in [0.29, 0.717) is 10.2 Å². The average molecular weight is 212 g/mol. The highest BCUT2D eigenvalue weighted by Gasteiger charge is 2.00. The van der Waals surface area contributed by atoms with E-state index in [1.807, 2.05) is 42.5 Å². The summed E-state index contributed by atoms with van der Waals surface area (Å²) in [5, 5.41) is 16.4. The van der Waals surface area contributed by atoms with E-state index in [0.717, 1.165) is 10.4 Å². The van der Waals surface area contributed by atoms with Crippen molar-refractivity contribution in [1.82, 2.24) is 0 Å². The zero-order valence-electron chi connectivity index (χ0n) is 7.90. The Balaban J connectivity index is 2.54. The summed E-state index contributed by atoms with van der Waals surface area (Å²) in [6.07, 6.45) is 0. The smallest absolute Gasteiger partial charge is 0.126 e. The molecule has 0 atom stereocenters. The van der Waals surface area contributed by atoms with Gasteiger partial charge in [-0.25, -0.2) is 0 Å². The molecule has 1 N–H and O–H groups in total. The van der Waals surface area contributed by atoms with Crippen molar-refractivity contribution >= 4 is 11.3 Å². The molecule has 0 unspecified atom stereocenters. The summed E-state index contributed by atoms with van der Waals surface area (Å²) in [5.41, 5.74) is 1.51. The van der Waals surface area contributed by atoms with E-state index in [4.69, 9.17) is 10.7 Å². The quantitative estimate of drug-likeness (QED) is 0.776. The van der Waals surface area contributed by atoms with E-state index < -0.39 is 0 Å². The highest BCUT2D eigenvalue weighted by atomic mass is 32.1. The summed E-state index contributed by atoms with van der Waals surface area (Å²) >= 11 is 1.33. The van der Waals surface area contributed by atoms with Gasteiger partial charge in [0.25, 0.3) is 0 Å². The van der Waals surface area contributed by atoms with Gasteiger partial charge in [-0.15, -0.1) is 11.3 Å². The Hall–Kier alpha value is -1.92. The molecular weight excluding hydrogens is 204 g/mol. The van der Waals surface area contributed by atoms with Crippen molar-refractivity contribution in [2.75, 3.05) is 0 Å². The van der Waals surface area contributed by atoms with Gasteiger partial charge in [-0.2, -0.15) is 5.26 Å². The molecule has 0 radical (unpaired) electrons. The Morgan fingerprint density at radius 1 is 1.07 bits per heavy atom. The second-order valence-corrected chi connectivity index (χ2v) is 4.07. The SMILES string of the molecule is N#Cc1ccc(-c2ccccc2)sc1=N. The molecule has 0 saturated carbocycles. The van der Waals surface area contributed by atoms with Crippen LogP contribution in [0.4, 0.5) is 0 Å². The molecule has 0 saturated heterocycles. The molecule has 1 aromatic heterocycles. The van der Waals surface area contributed by atoms with Crippen molar-refractivity contribution in [3.05, 3.63) is 52.7 Å². The fraction of sp³-hybridized carbons (Fsp3) is 0. The van der Waals surface area contributed by atoms with Crippen LogP contribution in [-0.2, 0) is 0 Å². The first kappa shape index (κ1) is 9.63. The summed E-state index contributed by atoms with van der Waals surface area (Å²) in [5.74, 6) is 0. The molecule has 3 heteroatoms. The zero-order chi connectivity index (χ0) is 10.7. The van der Waals surface area contributed by atoms with Crippen molar-refractivity contribution in [1.29, 1.82) is 10.7 Å². The van der Waals surface area contributed by atoms with E-state index in [1.54, 1.807) is 6.07 Å². The molecule has 0 aliphatic heterocycles. The second kappa shape index (κ2) is 4.07. The summed E-state index contributed by atoms with van der Waals surface area (Å²) in [4.78, 5) is 1.01. The Kier molecular flexibility index (Phi) is 2.61. The van der Waals surface area contributed by atoms with Crippen LogP contribution in [-0.4, -0.2) is 0 Å². The van der Waals surface area contributed by atoms with Crippen LogP contribution in [0, 0.1) is 16.7 Å². The predicted molar refractivity (Wildman–Crippen MR) is 60.3 cm³/mol. The molecule has 0 aliphatic carbocycles. The summed E-state index contributed by atoms with van der Waals surface area (Å²) in [6.45, 7) is 0. The van der Waals surface area contributed by atoms with Crippen LogP contribution in [0.2, 0.25) is 0 Å². The highest BCUT2D eigenvalue weighted by molar-refractivity contribution is 7.12. The van der Waals surface area contributed by atoms with Gasteiger partial charge in [0, 0.05) is 4.88 Å². The Morgan fingerprint density at radius 2 is 1.80 bits per heavy atom. The molecule has 2 rings (SSSR count). The van der Waals surface area contributed by atoms with Crippen LogP contribution in [0.25, 0.3) is 10.4 Å². The van der Waals surface area contributed by atoms with Gasteiger partial charge < -0.3 is 0 Å². The normalized spacial score (nSPS) is 9.53. The van der Waals surface area contributed by atoms with Crippen LogP contribution in [0.15, 0.2) is 42.5 Å². The third-order valence-corrected chi connectivity index (χ3v) is 3.05.